The van der Waals surface area contributed by atoms with Gasteiger partial charge in [-0.15, -0.1) is 0 Å². The van der Waals surface area contributed by atoms with E-state index in [1.807, 2.05) is 6.08 Å². The molecule has 0 saturated carbocycles. The Morgan fingerprint density at radius 3 is 3.00 bits per heavy atom. The van der Waals surface area contributed by atoms with Gasteiger partial charge in [-0.05, 0) is 38.3 Å². The van der Waals surface area contributed by atoms with Crippen LogP contribution >= 0.6 is 0 Å². The van der Waals surface area contributed by atoms with Crippen LogP contribution in [0.25, 0.3) is 0 Å². The smallest absolute Gasteiger partial charge is 0.125 e. The minimum atomic E-state index is -0.412. The lowest BCUT2D eigenvalue weighted by Gasteiger charge is -2.39. The first kappa shape index (κ1) is 14.2. The summed E-state index contributed by atoms with van der Waals surface area (Å²) in [7, 11) is 1.71. The molecule has 4 nitrogen and oxygen atoms in total. The summed E-state index contributed by atoms with van der Waals surface area (Å²) in [5, 5.41) is 10.0. The van der Waals surface area contributed by atoms with Crippen LogP contribution in [0.4, 0.5) is 0 Å². The van der Waals surface area contributed by atoms with E-state index in [9.17, 15) is 5.11 Å². The van der Waals surface area contributed by atoms with E-state index in [1.54, 1.807) is 7.11 Å². The molecule has 0 radical (unpaired) electrons. The fraction of sp³-hybridized carbons (Fsp3) is 0.611. The average molecular weight is 301 g/mol. The first-order valence-electron chi connectivity index (χ1n) is 8.08. The van der Waals surface area contributed by atoms with Gasteiger partial charge >= 0.3 is 0 Å². The van der Waals surface area contributed by atoms with E-state index >= 15 is 0 Å². The molecule has 22 heavy (non-hydrogen) atoms. The number of methoxy groups -OCH3 is 1. The summed E-state index contributed by atoms with van der Waals surface area (Å²) in [6, 6.07) is 0. The molecule has 0 amide bonds. The lowest BCUT2D eigenvalue weighted by molar-refractivity contribution is -0.0138. The third kappa shape index (κ3) is 1.80. The molecule has 4 aliphatic rings. The quantitative estimate of drug-likeness (QED) is 0.758. The summed E-state index contributed by atoms with van der Waals surface area (Å²) in [6.45, 7) is 4.22. The number of aliphatic hydroxyl groups excluding tert-OH is 1. The predicted octanol–water partition coefficient (Wildman–Crippen LogP) is 2.75. The molecule has 1 saturated heterocycles. The number of ether oxygens (including phenoxy) is 2. The van der Waals surface area contributed by atoms with Crippen molar-refractivity contribution in [3.05, 3.63) is 35.3 Å². The molecule has 4 rings (SSSR count). The molecule has 0 aromatic rings. The van der Waals surface area contributed by atoms with Gasteiger partial charge in [0.15, 0.2) is 0 Å². The lowest BCUT2D eigenvalue weighted by Crippen LogP contribution is -2.41. The Bertz CT molecular complexity index is 630. The highest BCUT2D eigenvalue weighted by Gasteiger charge is 2.60. The summed E-state index contributed by atoms with van der Waals surface area (Å²) in [4.78, 5) is 4.91. The molecular formula is C18H23NO3. The Balaban J connectivity index is 1.91. The largest absolute Gasteiger partial charge is 0.498 e. The summed E-state index contributed by atoms with van der Waals surface area (Å²) in [6.07, 6.45) is 8.39. The number of aliphatic hydroxyl groups is 1. The third-order valence-corrected chi connectivity index (χ3v) is 5.68. The highest BCUT2D eigenvalue weighted by molar-refractivity contribution is 5.83. The van der Waals surface area contributed by atoms with E-state index < -0.39 is 6.10 Å². The summed E-state index contributed by atoms with van der Waals surface area (Å²) in [5.41, 5.74) is 3.43. The highest BCUT2D eigenvalue weighted by Crippen LogP contribution is 2.58. The van der Waals surface area contributed by atoms with Crippen LogP contribution in [0.5, 0.6) is 0 Å². The normalized spacial score (nSPS) is 43.1. The lowest BCUT2D eigenvalue weighted by atomic mass is 9.63. The number of rotatable bonds is 1. The van der Waals surface area contributed by atoms with Gasteiger partial charge < -0.3 is 14.6 Å². The van der Waals surface area contributed by atoms with E-state index in [1.165, 1.54) is 11.3 Å². The summed E-state index contributed by atoms with van der Waals surface area (Å²) >= 11 is 0. The van der Waals surface area contributed by atoms with Gasteiger partial charge in [-0.3, -0.25) is 4.99 Å². The van der Waals surface area contributed by atoms with Crippen molar-refractivity contribution in [2.24, 2.45) is 16.3 Å². The van der Waals surface area contributed by atoms with Crippen molar-refractivity contribution in [3.63, 3.8) is 0 Å². The molecule has 118 valence electrons. The molecule has 1 spiro atoms. The Labute approximate surface area is 131 Å². The van der Waals surface area contributed by atoms with Crippen LogP contribution in [0.3, 0.4) is 0 Å². The van der Waals surface area contributed by atoms with E-state index in [2.05, 4.69) is 26.0 Å². The van der Waals surface area contributed by atoms with E-state index in [-0.39, 0.29) is 23.5 Å². The summed E-state index contributed by atoms with van der Waals surface area (Å²) < 4.78 is 12.0. The monoisotopic (exact) mass is 301 g/mol. The van der Waals surface area contributed by atoms with Crippen LogP contribution in [0.1, 0.15) is 33.1 Å². The zero-order chi connectivity index (χ0) is 15.5. The van der Waals surface area contributed by atoms with Gasteiger partial charge in [0.05, 0.1) is 25.0 Å². The van der Waals surface area contributed by atoms with Gasteiger partial charge in [0, 0.05) is 23.5 Å². The van der Waals surface area contributed by atoms with Gasteiger partial charge in [-0.25, -0.2) is 0 Å². The van der Waals surface area contributed by atoms with Gasteiger partial charge in [-0.1, -0.05) is 12.2 Å². The van der Waals surface area contributed by atoms with Crippen molar-refractivity contribution in [3.8, 4) is 0 Å². The topological polar surface area (TPSA) is 51.0 Å². The minimum absolute atomic E-state index is 0.0306. The average Bonchev–Trinajstić information content (AvgIpc) is 2.74. The predicted molar refractivity (Wildman–Crippen MR) is 84.5 cm³/mol. The molecule has 4 heteroatoms. The number of hydrogen-bond acceptors (Lipinski definition) is 4. The first-order valence-corrected chi connectivity index (χ1v) is 8.08. The maximum absolute atomic E-state index is 10.0. The van der Waals surface area contributed by atoms with Crippen LogP contribution in [-0.2, 0) is 9.47 Å². The van der Waals surface area contributed by atoms with Gasteiger partial charge in [-0.2, -0.15) is 0 Å². The molecule has 1 fully saturated rings. The summed E-state index contributed by atoms with van der Waals surface area (Å²) in [5.74, 6) is 1.08. The van der Waals surface area contributed by atoms with Crippen molar-refractivity contribution in [1.29, 1.82) is 0 Å². The standard InChI is InChI=1S/C18H23NO3/c1-10-8-13(21-3)17-15-16(10)19-11(2)4-6-18(15)7-5-12(20)9-14(18)22-17/h5,7-8,12,14-15,17,20H,4,6,9H2,1-3H3/t12-,14-,15?,17?,18-/m0/s1. The van der Waals surface area contributed by atoms with Crippen molar-refractivity contribution < 1.29 is 14.6 Å². The zero-order valence-electron chi connectivity index (χ0n) is 13.4. The molecule has 5 atom stereocenters. The number of aliphatic imine (C=N–C) groups is 1. The van der Waals surface area contributed by atoms with Crippen molar-refractivity contribution in [1.82, 2.24) is 0 Å². The number of hydrogen-bond donors (Lipinski definition) is 1. The Morgan fingerprint density at radius 2 is 2.23 bits per heavy atom. The molecule has 2 aliphatic carbocycles. The molecule has 2 unspecified atom stereocenters. The van der Waals surface area contributed by atoms with Gasteiger partial charge in [0.2, 0.25) is 0 Å². The Hall–Kier alpha value is -1.39. The van der Waals surface area contributed by atoms with Crippen LogP contribution in [0.15, 0.2) is 40.2 Å². The van der Waals surface area contributed by atoms with E-state index in [0.717, 1.165) is 24.3 Å². The zero-order valence-corrected chi connectivity index (χ0v) is 13.4. The minimum Gasteiger partial charge on any atom is -0.498 e. The van der Waals surface area contributed by atoms with Crippen molar-refractivity contribution in [2.45, 2.75) is 51.4 Å². The van der Waals surface area contributed by atoms with Crippen LogP contribution in [0.2, 0.25) is 0 Å². The second-order valence-electron chi connectivity index (χ2n) is 6.96. The van der Waals surface area contributed by atoms with Gasteiger partial charge in [0.1, 0.15) is 11.9 Å². The number of nitrogens with zero attached hydrogens (tertiary/aromatic N) is 1. The van der Waals surface area contributed by atoms with Crippen LogP contribution in [0, 0.1) is 11.3 Å². The highest BCUT2D eigenvalue weighted by atomic mass is 16.5. The molecule has 0 aromatic carbocycles. The number of allylic oxidation sites excluding steroid dienone is 2. The van der Waals surface area contributed by atoms with Gasteiger partial charge in [0.25, 0.3) is 0 Å². The second-order valence-corrected chi connectivity index (χ2v) is 6.96. The van der Waals surface area contributed by atoms with E-state index in [4.69, 9.17) is 14.5 Å². The maximum atomic E-state index is 10.0. The van der Waals surface area contributed by atoms with Crippen molar-refractivity contribution in [2.75, 3.05) is 7.11 Å². The maximum Gasteiger partial charge on any atom is 0.125 e. The third-order valence-electron chi connectivity index (χ3n) is 5.68. The van der Waals surface area contributed by atoms with Crippen LogP contribution < -0.4 is 0 Å². The molecule has 2 aliphatic heterocycles. The Kier molecular flexibility index (Phi) is 3.10. The fourth-order valence-corrected chi connectivity index (χ4v) is 4.57. The molecule has 0 aromatic heterocycles. The first-order chi connectivity index (χ1) is 10.5. The van der Waals surface area contributed by atoms with Crippen LogP contribution in [-0.4, -0.2) is 36.2 Å². The fourth-order valence-electron chi connectivity index (χ4n) is 4.57. The molecule has 2 heterocycles. The van der Waals surface area contributed by atoms with E-state index in [0.29, 0.717) is 6.42 Å². The SMILES string of the molecule is COC1=CC(C)=C2N=C(C)CC[C@]34C=C[C@H](O)C[C@@H]3OC1C24. The molecule has 1 N–H and O–H groups in total. The Morgan fingerprint density at radius 1 is 1.41 bits per heavy atom. The molecule has 0 bridgehead atoms. The van der Waals surface area contributed by atoms with Crippen molar-refractivity contribution >= 4 is 5.71 Å². The second kappa shape index (κ2) is 4.80. The molecular weight excluding hydrogens is 278 g/mol.